The standard InChI is InChI=1S/C55H107N2O20.C2H6O4S/c1-13-53(4,5)50(59)76-44-42-73-40-38-71-36-34-69-32-30-67-28-26-65-24-22-63-20-18-62-19-21-64-23-25-66-27-29-68-31-33-70-35-37-72-39-41-74-43-45-77-51(60)54(6,7)46-48(49(58)56(9)10)47-55(8,14-2)52(61)75-17-16-57(11,12)15-3;1-2-7(4,5)6-3/h48H,13-47H2,1-12H3;3H,2H2,1H3/q+1;/p-1. The molecule has 500 valence electrons. The smallest absolute Gasteiger partial charge is 0.312 e. The van der Waals surface area contributed by atoms with Crippen LogP contribution in [0.2, 0.25) is 0 Å². The van der Waals surface area contributed by atoms with Crippen LogP contribution in [-0.4, -0.2) is 280 Å². The molecule has 2 atom stereocenters. The highest BCUT2D eigenvalue weighted by atomic mass is 32.2. The Balaban J connectivity index is 0. The van der Waals surface area contributed by atoms with Crippen molar-refractivity contribution in [2.24, 2.45) is 22.2 Å². The Kier molecular flexibility index (Phi) is 51.7. The van der Waals surface area contributed by atoms with Crippen LogP contribution in [0.4, 0.5) is 0 Å². The van der Waals surface area contributed by atoms with Gasteiger partial charge in [-0.1, -0.05) is 13.8 Å². The second kappa shape index (κ2) is 52.2. The molecule has 0 aliphatic rings. The highest BCUT2D eigenvalue weighted by Gasteiger charge is 2.42. The van der Waals surface area contributed by atoms with E-state index in [0.717, 1.165) is 17.4 Å². The highest BCUT2D eigenvalue weighted by molar-refractivity contribution is 7.86. The van der Waals surface area contributed by atoms with E-state index < -0.39 is 38.3 Å². The second-order valence-electron chi connectivity index (χ2n) is 21.6. The molecule has 0 heterocycles. The second-order valence-corrected chi connectivity index (χ2v) is 23.5. The summed E-state index contributed by atoms with van der Waals surface area (Å²) in [5.74, 6) is -1.97. The number of hydrogen-bond donors (Lipinski definition) is 0. The number of esters is 3. The van der Waals surface area contributed by atoms with Gasteiger partial charge < -0.3 is 94.8 Å². The summed E-state index contributed by atoms with van der Waals surface area (Å²) < 4.78 is 111. The summed E-state index contributed by atoms with van der Waals surface area (Å²) in [6.07, 6.45) is 1.70. The number of ether oxygens (including phenoxy) is 16. The monoisotopic (exact) mass is 1240 g/mol. The summed E-state index contributed by atoms with van der Waals surface area (Å²) in [5, 5.41) is 9.09. The summed E-state index contributed by atoms with van der Waals surface area (Å²) in [7, 11) is 3.81. The molecule has 0 aromatic heterocycles. The average Bonchev–Trinajstić information content (AvgIpc) is 3.51. The van der Waals surface area contributed by atoms with E-state index in [1.807, 2.05) is 34.6 Å². The minimum Gasteiger partial charge on any atom is -0.707 e. The highest BCUT2D eigenvalue weighted by Crippen LogP contribution is 2.38. The first-order valence-corrected chi connectivity index (χ1v) is 31.1. The van der Waals surface area contributed by atoms with Crippen LogP contribution in [0, 0.1) is 22.2 Å². The number of nitrogens with zero attached hydrogens (tertiary/aromatic N) is 2. The molecule has 0 aromatic rings. The lowest BCUT2D eigenvalue weighted by Crippen LogP contribution is -2.44. The van der Waals surface area contributed by atoms with Crippen LogP contribution in [0.3, 0.4) is 0 Å². The molecule has 0 rings (SSSR count). The predicted molar refractivity (Wildman–Crippen MR) is 309 cm³/mol. The molecule has 0 saturated carbocycles. The summed E-state index contributed by atoms with van der Waals surface area (Å²) in [6.45, 7) is 29.8. The number of quaternary nitrogens is 1. The molecule has 0 saturated heterocycles. The molecule has 2 unspecified atom stereocenters. The lowest BCUT2D eigenvalue weighted by molar-refractivity contribution is -0.888. The number of hydrogen-bond acceptors (Lipinski definition) is 24. The summed E-state index contributed by atoms with van der Waals surface area (Å²) in [6, 6.07) is 0. The Morgan fingerprint density at radius 2 is 0.690 bits per heavy atom. The van der Waals surface area contributed by atoms with E-state index in [1.54, 1.807) is 27.9 Å². The van der Waals surface area contributed by atoms with E-state index in [1.165, 1.54) is 11.8 Å². The third kappa shape index (κ3) is 47.3. The van der Waals surface area contributed by atoms with Crippen LogP contribution in [0.15, 0.2) is 0 Å². The molecule has 0 aromatic carbocycles. The van der Waals surface area contributed by atoms with Gasteiger partial charge in [-0.05, 0) is 74.1 Å². The normalized spacial score (nSPS) is 13.2. The van der Waals surface area contributed by atoms with E-state index in [0.29, 0.717) is 185 Å². The molecule has 0 bridgehead atoms. The SMILES string of the molecule is CCC(C)(C)C(=O)OCCOCCOCCOCCOCCOCCOCCOCCOCCOCCOCCOCCOCCOCCOC(=O)C(C)(C)CC(CC(C)(CC)C(=O)OCC[N+](C)(C)CC)C(=O)N(C)C.CCS(=O)(=O)O[O-]. The van der Waals surface area contributed by atoms with Crippen LogP contribution >= 0.6 is 0 Å². The van der Waals surface area contributed by atoms with Crippen molar-refractivity contribution >= 4 is 33.9 Å². The van der Waals surface area contributed by atoms with Crippen molar-refractivity contribution in [3.8, 4) is 0 Å². The molecule has 0 aliphatic carbocycles. The lowest BCUT2D eigenvalue weighted by atomic mass is 9.72. The maximum absolute atomic E-state index is 13.3. The van der Waals surface area contributed by atoms with Gasteiger partial charge in [-0.25, -0.2) is 8.42 Å². The predicted octanol–water partition coefficient (Wildman–Crippen LogP) is 2.92. The van der Waals surface area contributed by atoms with Crippen LogP contribution in [0.25, 0.3) is 0 Å². The number of carbonyl (C=O) groups is 4. The topological polar surface area (TPSA) is 286 Å². The molecule has 1 amide bonds. The first kappa shape index (κ1) is 83.3. The molecular formula is C57H112N2O24S. The quantitative estimate of drug-likeness (QED) is 0.0211. The van der Waals surface area contributed by atoms with E-state index >= 15 is 0 Å². The fraction of sp³-hybridized carbons (Fsp3) is 0.930. The fourth-order valence-corrected chi connectivity index (χ4v) is 6.75. The Morgan fingerprint density at radius 1 is 0.417 bits per heavy atom. The first-order chi connectivity index (χ1) is 39.9. The molecule has 0 N–H and O–H groups in total. The molecule has 0 radical (unpaired) electrons. The van der Waals surface area contributed by atoms with Gasteiger partial charge in [-0.3, -0.25) is 19.2 Å². The Morgan fingerprint density at radius 3 is 0.917 bits per heavy atom. The maximum atomic E-state index is 13.3. The van der Waals surface area contributed by atoms with Gasteiger partial charge in [0.15, 0.2) is 0 Å². The van der Waals surface area contributed by atoms with Gasteiger partial charge in [0, 0.05) is 20.0 Å². The van der Waals surface area contributed by atoms with Gasteiger partial charge in [0.05, 0.1) is 214 Å². The van der Waals surface area contributed by atoms with Crippen molar-refractivity contribution in [3.05, 3.63) is 0 Å². The maximum Gasteiger partial charge on any atom is 0.312 e. The van der Waals surface area contributed by atoms with Crippen LogP contribution in [0.1, 0.15) is 88.0 Å². The Labute approximate surface area is 503 Å². The zero-order valence-electron chi connectivity index (χ0n) is 53.6. The minimum atomic E-state index is -3.71. The minimum absolute atomic E-state index is 0.0631. The van der Waals surface area contributed by atoms with E-state index in [4.69, 9.17) is 81.0 Å². The zero-order valence-corrected chi connectivity index (χ0v) is 54.5. The van der Waals surface area contributed by atoms with Crippen molar-refractivity contribution in [2.45, 2.75) is 88.0 Å². The largest absolute Gasteiger partial charge is 0.707 e. The molecule has 27 heteroatoms. The third-order valence-electron chi connectivity index (χ3n) is 13.1. The number of carbonyl (C=O) groups excluding carboxylic acids is 4. The molecule has 0 spiro atoms. The summed E-state index contributed by atoms with van der Waals surface area (Å²) in [4.78, 5) is 53.2. The summed E-state index contributed by atoms with van der Waals surface area (Å²) >= 11 is 0. The van der Waals surface area contributed by atoms with Gasteiger partial charge in [-0.2, -0.15) is 0 Å². The lowest BCUT2D eigenvalue weighted by Gasteiger charge is -2.35. The van der Waals surface area contributed by atoms with Gasteiger partial charge >= 0.3 is 17.9 Å². The third-order valence-corrected chi connectivity index (χ3v) is 14.0. The van der Waals surface area contributed by atoms with E-state index in [-0.39, 0.29) is 56.3 Å². The fourth-order valence-electron chi connectivity index (χ4n) is 6.66. The number of amides is 1. The van der Waals surface area contributed by atoms with Gasteiger partial charge in [-0.15, -0.1) is 0 Å². The van der Waals surface area contributed by atoms with Crippen LogP contribution < -0.4 is 5.26 Å². The van der Waals surface area contributed by atoms with Crippen molar-refractivity contribution in [1.29, 1.82) is 0 Å². The van der Waals surface area contributed by atoms with Crippen molar-refractivity contribution < 1.29 is 117 Å². The van der Waals surface area contributed by atoms with E-state index in [9.17, 15) is 27.6 Å². The van der Waals surface area contributed by atoms with Crippen LogP contribution in [-0.2, 0) is 109 Å². The zero-order chi connectivity index (χ0) is 63.4. The average molecular weight is 1240 g/mol. The van der Waals surface area contributed by atoms with Gasteiger partial charge in [0.2, 0.25) is 5.91 Å². The molecular weight excluding hydrogens is 1130 g/mol. The van der Waals surface area contributed by atoms with Gasteiger partial charge in [0.1, 0.15) is 26.4 Å². The van der Waals surface area contributed by atoms with Gasteiger partial charge in [0.25, 0.3) is 10.1 Å². The molecule has 0 fully saturated rings. The van der Waals surface area contributed by atoms with Crippen molar-refractivity contribution in [3.63, 3.8) is 0 Å². The molecule has 26 nitrogen and oxygen atoms in total. The summed E-state index contributed by atoms with van der Waals surface area (Å²) in [5.41, 5.74) is -2.33. The van der Waals surface area contributed by atoms with Crippen LogP contribution in [0.5, 0.6) is 0 Å². The Hall–Kier alpha value is -2.81. The molecule has 0 aliphatic heterocycles. The Bertz CT molecular complexity index is 1720. The number of rotatable bonds is 58. The van der Waals surface area contributed by atoms with Crippen molar-refractivity contribution in [1.82, 2.24) is 4.90 Å². The van der Waals surface area contributed by atoms with E-state index in [2.05, 4.69) is 25.4 Å². The van der Waals surface area contributed by atoms with Crippen molar-refractivity contribution in [2.75, 3.05) is 239 Å². The molecule has 84 heavy (non-hydrogen) atoms. The first-order valence-electron chi connectivity index (χ1n) is 29.5. The number of likely N-dealkylation sites (N-methyl/N-ethyl adjacent to an activating group) is 1.